The fourth-order valence-corrected chi connectivity index (χ4v) is 6.15. The van der Waals surface area contributed by atoms with E-state index >= 15 is 0 Å². The average molecular weight is 607 g/mol. The number of anilines is 1. The lowest BCUT2D eigenvalue weighted by Gasteiger charge is -2.26. The first-order valence-electron chi connectivity index (χ1n) is 15.0. The summed E-state index contributed by atoms with van der Waals surface area (Å²) in [6.45, 7) is 6.23. The molecule has 2 aliphatic rings. The number of benzene rings is 5. The molecule has 5 aromatic rings. The number of hydrogen-bond donors (Lipinski definition) is 0. The summed E-state index contributed by atoms with van der Waals surface area (Å²) in [6.07, 6.45) is 0. The van der Waals surface area contributed by atoms with Crippen LogP contribution in [0.2, 0.25) is 0 Å². The summed E-state index contributed by atoms with van der Waals surface area (Å²) < 4.78 is 6.01. The number of ether oxygens (including phenoxy) is 1. The second kappa shape index (κ2) is 10.7. The number of aryl methyl sites for hydroxylation is 1. The Morgan fingerprint density at radius 1 is 0.543 bits per heavy atom. The SMILES string of the molecule is Cc1cccc(N2C(=O)c3ccc(-c4ccc(C(C)(C)c5ccc(Oc6ccc7c(c6)C(=O)N(C)C7=O)cc5)cc4)cc3C2=O)c1. The fourth-order valence-electron chi connectivity index (χ4n) is 6.15. The van der Waals surface area contributed by atoms with E-state index in [0.29, 0.717) is 39.4 Å². The van der Waals surface area contributed by atoms with E-state index in [2.05, 4.69) is 26.0 Å². The summed E-state index contributed by atoms with van der Waals surface area (Å²) in [6, 6.07) is 33.8. The Morgan fingerprint density at radius 3 is 1.78 bits per heavy atom. The maximum Gasteiger partial charge on any atom is 0.266 e. The first-order valence-corrected chi connectivity index (χ1v) is 15.0. The lowest BCUT2D eigenvalue weighted by atomic mass is 9.78. The molecule has 7 rings (SSSR count). The fraction of sp³-hybridized carbons (Fsp3) is 0.128. The van der Waals surface area contributed by atoms with E-state index in [4.69, 9.17) is 4.74 Å². The molecule has 4 amide bonds. The number of carbonyl (C=O) groups excluding carboxylic acids is 4. The van der Waals surface area contributed by atoms with E-state index in [-0.39, 0.29) is 29.0 Å². The van der Waals surface area contributed by atoms with Crippen LogP contribution >= 0.6 is 0 Å². The van der Waals surface area contributed by atoms with Gasteiger partial charge in [-0.15, -0.1) is 0 Å². The van der Waals surface area contributed by atoms with Gasteiger partial charge in [0, 0.05) is 12.5 Å². The molecule has 0 fully saturated rings. The Bertz CT molecular complexity index is 2090. The van der Waals surface area contributed by atoms with Crippen molar-refractivity contribution in [2.45, 2.75) is 26.2 Å². The van der Waals surface area contributed by atoms with Crippen LogP contribution in [0.5, 0.6) is 11.5 Å². The number of amides is 4. The average Bonchev–Trinajstić information content (AvgIpc) is 3.44. The summed E-state index contributed by atoms with van der Waals surface area (Å²) in [5.41, 5.74) is 6.76. The van der Waals surface area contributed by atoms with Crippen molar-refractivity contribution >= 4 is 29.3 Å². The summed E-state index contributed by atoms with van der Waals surface area (Å²) in [4.78, 5) is 53.3. The Kier molecular flexibility index (Phi) is 6.71. The summed E-state index contributed by atoms with van der Waals surface area (Å²) in [7, 11) is 1.47. The predicted molar refractivity (Wildman–Crippen MR) is 176 cm³/mol. The Balaban J connectivity index is 1.08. The van der Waals surface area contributed by atoms with Gasteiger partial charge < -0.3 is 4.74 Å². The quantitative estimate of drug-likeness (QED) is 0.184. The highest BCUT2D eigenvalue weighted by molar-refractivity contribution is 6.34. The van der Waals surface area contributed by atoms with E-state index in [1.165, 1.54) is 11.9 Å². The van der Waals surface area contributed by atoms with Gasteiger partial charge in [-0.25, -0.2) is 4.90 Å². The van der Waals surface area contributed by atoms with Crippen LogP contribution in [0, 0.1) is 6.92 Å². The zero-order valence-electron chi connectivity index (χ0n) is 25.8. The van der Waals surface area contributed by atoms with Gasteiger partial charge in [0.25, 0.3) is 23.6 Å². The van der Waals surface area contributed by atoms with Crippen molar-refractivity contribution in [1.29, 1.82) is 0 Å². The highest BCUT2D eigenvalue weighted by Gasteiger charge is 2.37. The zero-order valence-corrected chi connectivity index (χ0v) is 25.8. The van der Waals surface area contributed by atoms with Gasteiger partial charge in [0.15, 0.2) is 0 Å². The third-order valence-corrected chi connectivity index (χ3v) is 8.96. The van der Waals surface area contributed by atoms with E-state index in [1.54, 1.807) is 36.4 Å². The van der Waals surface area contributed by atoms with Crippen LogP contribution in [0.25, 0.3) is 11.1 Å². The molecule has 2 heterocycles. The molecule has 0 spiro atoms. The Hall–Kier alpha value is -5.82. The van der Waals surface area contributed by atoms with E-state index in [9.17, 15) is 19.2 Å². The summed E-state index contributed by atoms with van der Waals surface area (Å²) in [5, 5.41) is 0. The molecule has 0 N–H and O–H groups in total. The van der Waals surface area contributed by atoms with Crippen LogP contribution in [0.1, 0.15) is 72.0 Å². The molecular weight excluding hydrogens is 576 g/mol. The number of rotatable bonds is 6. The van der Waals surface area contributed by atoms with Crippen LogP contribution in [0.4, 0.5) is 5.69 Å². The molecule has 7 heteroatoms. The Morgan fingerprint density at radius 2 is 1.09 bits per heavy atom. The van der Waals surface area contributed by atoms with E-state index in [1.807, 2.05) is 67.6 Å². The molecule has 2 aliphatic heterocycles. The van der Waals surface area contributed by atoms with Crippen molar-refractivity contribution in [2.24, 2.45) is 0 Å². The minimum absolute atomic E-state index is 0.308. The monoisotopic (exact) mass is 606 g/mol. The van der Waals surface area contributed by atoms with Gasteiger partial charge in [-0.3, -0.25) is 24.1 Å². The van der Waals surface area contributed by atoms with E-state index < -0.39 is 0 Å². The van der Waals surface area contributed by atoms with Gasteiger partial charge in [0.2, 0.25) is 0 Å². The molecule has 0 aliphatic carbocycles. The predicted octanol–water partition coefficient (Wildman–Crippen LogP) is 7.81. The van der Waals surface area contributed by atoms with Crippen LogP contribution in [0.3, 0.4) is 0 Å². The maximum absolute atomic E-state index is 13.3. The lowest BCUT2D eigenvalue weighted by molar-refractivity contribution is 0.0692. The van der Waals surface area contributed by atoms with E-state index in [0.717, 1.165) is 32.7 Å². The molecule has 0 saturated heterocycles. The van der Waals surface area contributed by atoms with Gasteiger partial charge >= 0.3 is 0 Å². The number of fused-ring (bicyclic) bond motifs is 2. The molecule has 0 bridgehead atoms. The van der Waals surface area contributed by atoms with Gasteiger partial charge in [-0.05, 0) is 89.3 Å². The van der Waals surface area contributed by atoms with Crippen molar-refractivity contribution < 1.29 is 23.9 Å². The number of hydrogen-bond acceptors (Lipinski definition) is 5. The standard InChI is InChI=1S/C39H30N2O5/c1-23-6-5-7-28(20-23)41-37(44)32-18-10-25(21-33(32)38(41)45)24-8-11-26(12-9-24)39(2,3)27-13-15-29(16-14-27)46-30-17-19-31-34(22-30)36(43)40(4)35(31)42/h5-22H,1-4H3. The van der Waals surface area contributed by atoms with Crippen molar-refractivity contribution in [3.05, 3.63) is 148 Å². The third-order valence-electron chi connectivity index (χ3n) is 8.96. The molecule has 226 valence electrons. The van der Waals surface area contributed by atoms with Gasteiger partial charge in [-0.2, -0.15) is 0 Å². The normalized spacial score (nSPS) is 14.2. The second-order valence-corrected chi connectivity index (χ2v) is 12.3. The van der Waals surface area contributed by atoms with Crippen LogP contribution in [-0.4, -0.2) is 35.6 Å². The largest absolute Gasteiger partial charge is 0.457 e. The highest BCUT2D eigenvalue weighted by Crippen LogP contribution is 2.36. The first kappa shape index (κ1) is 28.9. The smallest absolute Gasteiger partial charge is 0.266 e. The molecule has 0 atom stereocenters. The first-order chi connectivity index (χ1) is 22.0. The second-order valence-electron chi connectivity index (χ2n) is 12.3. The van der Waals surface area contributed by atoms with Crippen LogP contribution < -0.4 is 9.64 Å². The van der Waals surface area contributed by atoms with Crippen molar-refractivity contribution in [3.8, 4) is 22.6 Å². The molecule has 5 aromatic carbocycles. The molecule has 0 unspecified atom stereocenters. The molecule has 0 aromatic heterocycles. The Labute approximate surface area is 266 Å². The van der Waals surface area contributed by atoms with Gasteiger partial charge in [-0.1, -0.05) is 68.4 Å². The minimum Gasteiger partial charge on any atom is -0.457 e. The van der Waals surface area contributed by atoms with Gasteiger partial charge in [0.1, 0.15) is 11.5 Å². The van der Waals surface area contributed by atoms with Crippen LogP contribution in [-0.2, 0) is 5.41 Å². The lowest BCUT2D eigenvalue weighted by Crippen LogP contribution is -2.29. The third kappa shape index (κ3) is 4.68. The minimum atomic E-state index is -0.335. The summed E-state index contributed by atoms with van der Waals surface area (Å²) >= 11 is 0. The summed E-state index contributed by atoms with van der Waals surface area (Å²) in [5.74, 6) is -0.167. The molecule has 0 saturated carbocycles. The maximum atomic E-state index is 13.3. The number of carbonyl (C=O) groups is 4. The van der Waals surface area contributed by atoms with Crippen molar-refractivity contribution in [1.82, 2.24) is 4.90 Å². The molecule has 7 nitrogen and oxygen atoms in total. The van der Waals surface area contributed by atoms with Crippen LogP contribution in [0.15, 0.2) is 109 Å². The molecular formula is C39H30N2O5. The molecule has 0 radical (unpaired) electrons. The van der Waals surface area contributed by atoms with Crippen molar-refractivity contribution in [3.63, 3.8) is 0 Å². The number of nitrogens with zero attached hydrogens (tertiary/aromatic N) is 2. The number of imide groups is 2. The van der Waals surface area contributed by atoms with Crippen molar-refractivity contribution in [2.75, 3.05) is 11.9 Å². The topological polar surface area (TPSA) is 84.0 Å². The van der Waals surface area contributed by atoms with Gasteiger partial charge in [0.05, 0.1) is 27.9 Å². The zero-order chi connectivity index (χ0) is 32.3. The molecule has 46 heavy (non-hydrogen) atoms. The highest BCUT2D eigenvalue weighted by atomic mass is 16.5.